The van der Waals surface area contributed by atoms with E-state index in [0.717, 1.165) is 6.07 Å². The minimum absolute atomic E-state index is 0.294. The van der Waals surface area contributed by atoms with E-state index in [1.165, 1.54) is 13.1 Å². The van der Waals surface area contributed by atoms with Gasteiger partial charge in [0.25, 0.3) is 0 Å². The van der Waals surface area contributed by atoms with Crippen molar-refractivity contribution in [2.24, 2.45) is 0 Å². The number of sulfonamides is 1. The number of halogens is 5. The number of rotatable bonds is 4. The lowest BCUT2D eigenvalue weighted by atomic mass is 10.5. The van der Waals surface area contributed by atoms with Crippen LogP contribution in [0.3, 0.4) is 0 Å². The molecule has 0 unspecified atom stereocenters. The van der Waals surface area contributed by atoms with Crippen LogP contribution in [0.5, 0.6) is 0 Å². The van der Waals surface area contributed by atoms with Gasteiger partial charge < -0.3 is 0 Å². The summed E-state index contributed by atoms with van der Waals surface area (Å²) in [6, 6.07) is 1.11. The van der Waals surface area contributed by atoms with E-state index in [1.54, 1.807) is 0 Å². The second-order valence-electron chi connectivity index (χ2n) is 3.49. The minimum Gasteiger partial charge on any atom is -0.242 e. The molecule has 0 saturated heterocycles. The first-order chi connectivity index (χ1) is 8.58. The third-order valence-electron chi connectivity index (χ3n) is 2.10. The van der Waals surface area contributed by atoms with Gasteiger partial charge >= 0.3 is 6.18 Å². The van der Waals surface area contributed by atoms with Crippen molar-refractivity contribution in [2.75, 3.05) is 13.1 Å². The second kappa shape index (κ2) is 5.94. The van der Waals surface area contributed by atoms with E-state index in [1.807, 2.05) is 0 Å². The molecule has 1 aromatic heterocycles. The third-order valence-corrected chi connectivity index (χ3v) is 4.88. The second-order valence-corrected chi connectivity index (χ2v) is 6.67. The van der Waals surface area contributed by atoms with Crippen LogP contribution >= 0.6 is 27.5 Å². The lowest BCUT2D eigenvalue weighted by Gasteiger charge is -2.22. The van der Waals surface area contributed by atoms with Crippen LogP contribution in [0.15, 0.2) is 21.6 Å². The SMILES string of the molecule is CCN(CC(F)(F)F)S(=O)(=O)c1cc(Br)cnc1Cl. The fourth-order valence-corrected chi connectivity index (χ4v) is 3.65. The van der Waals surface area contributed by atoms with Crippen molar-refractivity contribution in [3.8, 4) is 0 Å². The zero-order valence-corrected chi connectivity index (χ0v) is 12.7. The third kappa shape index (κ3) is 4.30. The molecule has 1 aromatic rings. The van der Waals surface area contributed by atoms with Crippen LogP contribution in [0.1, 0.15) is 6.92 Å². The van der Waals surface area contributed by atoms with Crippen LogP contribution in [0.4, 0.5) is 13.2 Å². The molecule has 0 N–H and O–H groups in total. The van der Waals surface area contributed by atoms with E-state index in [0.29, 0.717) is 8.78 Å². The van der Waals surface area contributed by atoms with E-state index >= 15 is 0 Å². The molecule has 1 heterocycles. The van der Waals surface area contributed by atoms with Crippen LogP contribution in [0.25, 0.3) is 0 Å². The summed E-state index contributed by atoms with van der Waals surface area (Å²) >= 11 is 8.63. The van der Waals surface area contributed by atoms with Crippen LogP contribution in [0.2, 0.25) is 5.15 Å². The van der Waals surface area contributed by atoms with Crippen molar-refractivity contribution in [3.63, 3.8) is 0 Å². The van der Waals surface area contributed by atoms with Crippen LogP contribution < -0.4 is 0 Å². The topological polar surface area (TPSA) is 50.3 Å². The van der Waals surface area contributed by atoms with Gasteiger partial charge in [-0.15, -0.1) is 0 Å². The van der Waals surface area contributed by atoms with Gasteiger partial charge in [-0.25, -0.2) is 13.4 Å². The fourth-order valence-electron chi connectivity index (χ4n) is 1.29. The van der Waals surface area contributed by atoms with Gasteiger partial charge in [-0.3, -0.25) is 0 Å². The number of hydrogen-bond donors (Lipinski definition) is 0. The molecule has 0 spiro atoms. The quantitative estimate of drug-likeness (QED) is 0.753. The molecule has 108 valence electrons. The molecule has 0 amide bonds. The summed E-state index contributed by atoms with van der Waals surface area (Å²) in [4.78, 5) is 3.13. The summed E-state index contributed by atoms with van der Waals surface area (Å²) in [6.45, 7) is -0.595. The van der Waals surface area contributed by atoms with E-state index in [2.05, 4.69) is 20.9 Å². The number of pyridine rings is 1. The Kier molecular flexibility index (Phi) is 5.21. The first-order valence-corrected chi connectivity index (χ1v) is 7.57. The van der Waals surface area contributed by atoms with Crippen molar-refractivity contribution < 1.29 is 21.6 Å². The predicted octanol–water partition coefficient (Wildman–Crippen LogP) is 3.07. The standard InChI is InChI=1S/C9H9BrClF3N2O2S/c1-2-16(5-9(12,13)14)19(17,18)7-3-6(10)4-15-8(7)11/h3-4H,2,5H2,1H3. The molecule has 10 heteroatoms. The molecule has 1 rings (SSSR count). The van der Waals surface area contributed by atoms with Crippen molar-refractivity contribution in [1.82, 2.24) is 9.29 Å². The Labute approximate surface area is 121 Å². The minimum atomic E-state index is -4.63. The van der Waals surface area contributed by atoms with E-state index < -0.39 is 27.6 Å². The molecular weight excluding hydrogens is 373 g/mol. The summed E-state index contributed by atoms with van der Waals surface area (Å²) in [6.07, 6.45) is -3.38. The zero-order chi connectivity index (χ0) is 14.8. The summed E-state index contributed by atoms with van der Waals surface area (Å²) in [5, 5.41) is -0.371. The highest BCUT2D eigenvalue weighted by atomic mass is 79.9. The predicted molar refractivity (Wildman–Crippen MR) is 67.4 cm³/mol. The Morgan fingerprint density at radius 2 is 2.05 bits per heavy atom. The molecule has 0 aliphatic heterocycles. The van der Waals surface area contributed by atoms with Gasteiger partial charge in [0.2, 0.25) is 10.0 Å². The van der Waals surface area contributed by atoms with E-state index in [-0.39, 0.29) is 11.7 Å². The Morgan fingerprint density at radius 3 is 2.53 bits per heavy atom. The van der Waals surface area contributed by atoms with Gasteiger partial charge in [0.15, 0.2) is 0 Å². The Bertz CT molecular complexity index is 565. The Morgan fingerprint density at radius 1 is 1.47 bits per heavy atom. The smallest absolute Gasteiger partial charge is 0.242 e. The lowest BCUT2D eigenvalue weighted by molar-refractivity contribution is -0.135. The maximum atomic E-state index is 12.4. The largest absolute Gasteiger partial charge is 0.402 e. The van der Waals surface area contributed by atoms with E-state index in [9.17, 15) is 21.6 Å². The molecule has 0 aliphatic carbocycles. The normalized spacial score (nSPS) is 13.0. The molecule has 0 radical (unpaired) electrons. The molecule has 0 aliphatic rings. The maximum absolute atomic E-state index is 12.4. The zero-order valence-electron chi connectivity index (χ0n) is 9.58. The van der Waals surface area contributed by atoms with Crippen molar-refractivity contribution in [1.29, 1.82) is 0 Å². The van der Waals surface area contributed by atoms with Gasteiger partial charge in [0.05, 0.1) is 0 Å². The van der Waals surface area contributed by atoms with Crippen LogP contribution in [-0.2, 0) is 10.0 Å². The molecule has 4 nitrogen and oxygen atoms in total. The van der Waals surface area contributed by atoms with Crippen molar-refractivity contribution in [2.45, 2.75) is 18.0 Å². The first-order valence-electron chi connectivity index (χ1n) is 4.96. The molecular formula is C9H9BrClF3N2O2S. The van der Waals surface area contributed by atoms with Gasteiger partial charge in [-0.1, -0.05) is 18.5 Å². The number of hydrogen-bond acceptors (Lipinski definition) is 3. The number of nitrogens with zero attached hydrogens (tertiary/aromatic N) is 2. The Hall–Kier alpha value is -0.380. The highest BCUT2D eigenvalue weighted by Gasteiger charge is 2.37. The van der Waals surface area contributed by atoms with Crippen LogP contribution in [0, 0.1) is 0 Å². The maximum Gasteiger partial charge on any atom is 0.402 e. The van der Waals surface area contributed by atoms with E-state index in [4.69, 9.17) is 11.6 Å². The van der Waals surface area contributed by atoms with Gasteiger partial charge in [-0.2, -0.15) is 17.5 Å². The van der Waals surface area contributed by atoms with Gasteiger partial charge in [0, 0.05) is 17.2 Å². The Balaban J connectivity index is 3.25. The fraction of sp³-hybridized carbons (Fsp3) is 0.444. The average molecular weight is 382 g/mol. The molecule has 0 bridgehead atoms. The molecule has 19 heavy (non-hydrogen) atoms. The van der Waals surface area contributed by atoms with Crippen LogP contribution in [-0.4, -0.2) is 37.0 Å². The molecule has 0 atom stereocenters. The van der Waals surface area contributed by atoms with Gasteiger partial charge in [0.1, 0.15) is 16.6 Å². The summed E-state index contributed by atoms with van der Waals surface area (Å²) in [7, 11) is -4.35. The lowest BCUT2D eigenvalue weighted by Crippen LogP contribution is -2.38. The molecule has 0 saturated carbocycles. The average Bonchev–Trinajstić information content (AvgIpc) is 2.27. The number of alkyl halides is 3. The first kappa shape index (κ1) is 16.7. The van der Waals surface area contributed by atoms with Crippen molar-refractivity contribution in [3.05, 3.63) is 21.9 Å². The monoisotopic (exact) mass is 380 g/mol. The summed E-state index contributed by atoms with van der Waals surface area (Å²) < 4.78 is 61.9. The summed E-state index contributed by atoms with van der Waals surface area (Å²) in [5.41, 5.74) is 0. The van der Waals surface area contributed by atoms with Crippen molar-refractivity contribution >= 4 is 37.6 Å². The number of aromatic nitrogens is 1. The summed E-state index contributed by atoms with van der Waals surface area (Å²) in [5.74, 6) is 0. The molecule has 0 aromatic carbocycles. The van der Waals surface area contributed by atoms with Gasteiger partial charge in [-0.05, 0) is 22.0 Å². The highest BCUT2D eigenvalue weighted by molar-refractivity contribution is 9.10. The highest BCUT2D eigenvalue weighted by Crippen LogP contribution is 2.28. The molecule has 0 fully saturated rings.